The number of hydrogen-bond acceptors (Lipinski definition) is 3. The van der Waals surface area contributed by atoms with Gasteiger partial charge in [-0.05, 0) is 0 Å². The third-order valence-corrected chi connectivity index (χ3v) is 0.304. The predicted octanol–water partition coefficient (Wildman–Crippen LogP) is -0.724. The molecule has 0 bridgehead atoms. The first-order valence-electron chi connectivity index (χ1n) is 1.70. The predicted molar refractivity (Wildman–Crippen MR) is 25.2 cm³/mol. The Morgan fingerprint density at radius 3 is 2.71 bits per heavy atom. The molecule has 7 heavy (non-hydrogen) atoms. The van der Waals surface area contributed by atoms with E-state index in [1.807, 2.05) is 0 Å². The Bertz CT molecular complexity index is 88.9. The average molecular weight is 102 g/mol. The Hall–Kier alpha value is -1.06. The molecule has 0 saturated heterocycles. The smallest absolute Gasteiger partial charge is 0.348 e. The molecule has 0 fully saturated rings. The van der Waals surface area contributed by atoms with Gasteiger partial charge < -0.3 is 10.5 Å². The van der Waals surface area contributed by atoms with Gasteiger partial charge in [0.25, 0.3) is 0 Å². The van der Waals surface area contributed by atoms with Gasteiger partial charge in [-0.15, -0.1) is 0 Å². The van der Waals surface area contributed by atoms with Crippen molar-refractivity contribution < 1.29 is 9.90 Å². The van der Waals surface area contributed by atoms with Gasteiger partial charge in [0.05, 0.1) is 0 Å². The summed E-state index contributed by atoms with van der Waals surface area (Å²) in [6.45, 7) is 0. The lowest BCUT2D eigenvalue weighted by atomic mass is 10.8. The van der Waals surface area contributed by atoms with Crippen molar-refractivity contribution in [2.45, 2.75) is 0 Å². The monoisotopic (exact) mass is 102 g/mol. The first-order valence-corrected chi connectivity index (χ1v) is 1.70. The van der Waals surface area contributed by atoms with Crippen LogP contribution in [0.5, 0.6) is 0 Å². The van der Waals surface area contributed by atoms with Gasteiger partial charge in [0, 0.05) is 7.05 Å². The molecule has 40 valence electrons. The fourth-order valence-electron chi connectivity index (χ4n) is 0.120. The van der Waals surface area contributed by atoms with Crippen LogP contribution in [0.25, 0.3) is 0 Å². The molecular formula is C3H6N2O2. The minimum Gasteiger partial charge on any atom is -0.477 e. The van der Waals surface area contributed by atoms with E-state index in [0.717, 1.165) is 6.21 Å². The van der Waals surface area contributed by atoms with Crippen molar-refractivity contribution in [1.29, 1.82) is 0 Å². The SMILES string of the molecule is CN/N=C/C(=O)O. The van der Waals surface area contributed by atoms with E-state index in [1.54, 1.807) is 0 Å². The van der Waals surface area contributed by atoms with E-state index in [4.69, 9.17) is 5.11 Å². The first kappa shape index (κ1) is 5.94. The molecule has 0 aromatic rings. The van der Waals surface area contributed by atoms with Crippen LogP contribution in [-0.4, -0.2) is 24.3 Å². The molecule has 0 rings (SSSR count). The number of aliphatic carboxylic acids is 1. The van der Waals surface area contributed by atoms with E-state index < -0.39 is 5.97 Å². The van der Waals surface area contributed by atoms with E-state index in [-0.39, 0.29) is 0 Å². The molecule has 0 radical (unpaired) electrons. The van der Waals surface area contributed by atoms with Crippen LogP contribution in [0.2, 0.25) is 0 Å². The zero-order chi connectivity index (χ0) is 5.70. The van der Waals surface area contributed by atoms with Crippen molar-refractivity contribution in [3.63, 3.8) is 0 Å². The highest BCUT2D eigenvalue weighted by molar-refractivity contribution is 6.21. The second kappa shape index (κ2) is 3.14. The summed E-state index contributed by atoms with van der Waals surface area (Å²) in [4.78, 5) is 9.57. The zero-order valence-electron chi connectivity index (χ0n) is 3.88. The van der Waals surface area contributed by atoms with Crippen molar-refractivity contribution in [2.75, 3.05) is 7.05 Å². The lowest BCUT2D eigenvalue weighted by Gasteiger charge is -1.79. The van der Waals surface area contributed by atoms with E-state index in [9.17, 15) is 4.79 Å². The number of carboxylic acids is 1. The summed E-state index contributed by atoms with van der Waals surface area (Å²) in [5.74, 6) is -1.05. The van der Waals surface area contributed by atoms with E-state index >= 15 is 0 Å². The first-order chi connectivity index (χ1) is 3.27. The number of hydrazone groups is 1. The standard InChI is InChI=1S/C3H6N2O2/c1-4-5-2-3(6)7/h2,4H,1H3,(H,6,7)/b5-2+. The maximum Gasteiger partial charge on any atom is 0.348 e. The summed E-state index contributed by atoms with van der Waals surface area (Å²) in [6.07, 6.45) is 0.778. The molecule has 0 aromatic carbocycles. The van der Waals surface area contributed by atoms with Crippen LogP contribution in [0.15, 0.2) is 5.10 Å². The third-order valence-electron chi connectivity index (χ3n) is 0.304. The van der Waals surface area contributed by atoms with Crippen LogP contribution in [0.3, 0.4) is 0 Å². The minimum absolute atomic E-state index is 0.778. The number of carbonyl (C=O) groups is 1. The molecule has 0 saturated carbocycles. The van der Waals surface area contributed by atoms with E-state index in [0.29, 0.717) is 0 Å². The van der Waals surface area contributed by atoms with Crippen molar-refractivity contribution in [3.05, 3.63) is 0 Å². The van der Waals surface area contributed by atoms with Gasteiger partial charge in [-0.1, -0.05) is 0 Å². The second-order valence-electron chi connectivity index (χ2n) is 0.820. The third kappa shape index (κ3) is 4.94. The highest BCUT2D eigenvalue weighted by Gasteiger charge is 1.80. The fraction of sp³-hybridized carbons (Fsp3) is 0.333. The summed E-state index contributed by atoms with van der Waals surface area (Å²) in [7, 11) is 1.53. The molecule has 0 unspecified atom stereocenters. The van der Waals surface area contributed by atoms with Gasteiger partial charge in [-0.25, -0.2) is 4.79 Å². The summed E-state index contributed by atoms with van der Waals surface area (Å²) in [5.41, 5.74) is 2.29. The van der Waals surface area contributed by atoms with Crippen LogP contribution >= 0.6 is 0 Å². The van der Waals surface area contributed by atoms with Crippen molar-refractivity contribution in [3.8, 4) is 0 Å². The largest absolute Gasteiger partial charge is 0.477 e. The molecule has 0 aliphatic rings. The lowest BCUT2D eigenvalue weighted by Crippen LogP contribution is -2.01. The summed E-state index contributed by atoms with van der Waals surface area (Å²) in [6, 6.07) is 0. The molecule has 2 N–H and O–H groups in total. The van der Waals surface area contributed by atoms with Gasteiger partial charge in [0.15, 0.2) is 0 Å². The Morgan fingerprint density at radius 2 is 2.57 bits per heavy atom. The topological polar surface area (TPSA) is 61.7 Å². The molecule has 0 aromatic heterocycles. The molecular weight excluding hydrogens is 96.0 g/mol. The molecule has 0 heterocycles. The Balaban J connectivity index is 3.26. The lowest BCUT2D eigenvalue weighted by molar-refractivity contribution is -0.128. The van der Waals surface area contributed by atoms with Crippen molar-refractivity contribution in [1.82, 2.24) is 5.43 Å². The average Bonchev–Trinajstić information content (AvgIpc) is 1.61. The number of nitrogens with one attached hydrogen (secondary N) is 1. The zero-order valence-corrected chi connectivity index (χ0v) is 3.88. The van der Waals surface area contributed by atoms with Gasteiger partial charge in [-0.2, -0.15) is 5.10 Å². The van der Waals surface area contributed by atoms with Crippen molar-refractivity contribution in [2.24, 2.45) is 5.10 Å². The summed E-state index contributed by atoms with van der Waals surface area (Å²) >= 11 is 0. The van der Waals surface area contributed by atoms with Crippen LogP contribution in [0, 0.1) is 0 Å². The number of carboxylic acid groups (broad SMARTS) is 1. The van der Waals surface area contributed by atoms with Crippen LogP contribution in [-0.2, 0) is 4.79 Å². The second-order valence-corrected chi connectivity index (χ2v) is 0.820. The van der Waals surface area contributed by atoms with Gasteiger partial charge in [0.2, 0.25) is 0 Å². The molecule has 0 spiro atoms. The van der Waals surface area contributed by atoms with Gasteiger partial charge >= 0.3 is 5.97 Å². The fourth-order valence-corrected chi connectivity index (χ4v) is 0.120. The Morgan fingerprint density at radius 1 is 2.00 bits per heavy atom. The molecule has 0 aliphatic heterocycles. The Labute approximate surface area is 40.8 Å². The highest BCUT2D eigenvalue weighted by Crippen LogP contribution is 1.51. The van der Waals surface area contributed by atoms with Crippen LogP contribution in [0.1, 0.15) is 0 Å². The normalized spacial score (nSPS) is 9.29. The maximum atomic E-state index is 9.57. The summed E-state index contributed by atoms with van der Waals surface area (Å²) in [5, 5.41) is 11.1. The molecule has 4 heteroatoms. The number of rotatable bonds is 2. The molecule has 0 amide bonds. The van der Waals surface area contributed by atoms with Crippen LogP contribution < -0.4 is 5.43 Å². The minimum atomic E-state index is -1.05. The molecule has 0 atom stereocenters. The van der Waals surface area contributed by atoms with E-state index in [1.165, 1.54) is 7.05 Å². The maximum absolute atomic E-state index is 9.57. The molecule has 0 aliphatic carbocycles. The van der Waals surface area contributed by atoms with Crippen LogP contribution in [0.4, 0.5) is 0 Å². The van der Waals surface area contributed by atoms with Gasteiger partial charge in [0.1, 0.15) is 6.21 Å². The number of nitrogens with zero attached hydrogens (tertiary/aromatic N) is 1. The van der Waals surface area contributed by atoms with Crippen molar-refractivity contribution >= 4 is 12.2 Å². The highest BCUT2D eigenvalue weighted by atomic mass is 16.4. The quantitative estimate of drug-likeness (QED) is 0.357. The number of hydrogen-bond donors (Lipinski definition) is 2. The molecule has 4 nitrogen and oxygen atoms in total. The Kier molecular flexibility index (Phi) is 2.67. The van der Waals surface area contributed by atoms with Gasteiger partial charge in [-0.3, -0.25) is 0 Å². The summed E-state index contributed by atoms with van der Waals surface area (Å²) < 4.78 is 0. The van der Waals surface area contributed by atoms with E-state index in [2.05, 4.69) is 10.5 Å².